The summed E-state index contributed by atoms with van der Waals surface area (Å²) in [6.45, 7) is 2.12. The molecule has 0 aliphatic rings. The highest BCUT2D eigenvalue weighted by Crippen LogP contribution is 2.29. The molecule has 0 saturated heterocycles. The summed E-state index contributed by atoms with van der Waals surface area (Å²) < 4.78 is 2.68. The van der Waals surface area contributed by atoms with E-state index in [0.29, 0.717) is 0 Å². The molecule has 0 amide bonds. The van der Waals surface area contributed by atoms with Gasteiger partial charge in [-0.05, 0) is 37.3 Å². The summed E-state index contributed by atoms with van der Waals surface area (Å²) in [6.07, 6.45) is 3.36. The number of hydrogen-bond acceptors (Lipinski definition) is 4. The Hall–Kier alpha value is -1.85. The van der Waals surface area contributed by atoms with Gasteiger partial charge in [-0.25, -0.2) is 0 Å². The molecular formula is C14H13ClN4S. The second-order valence-electron chi connectivity index (χ2n) is 4.43. The molecule has 0 aliphatic carbocycles. The zero-order valence-electron chi connectivity index (χ0n) is 10.8. The summed E-state index contributed by atoms with van der Waals surface area (Å²) in [5.41, 5.74) is 2.07. The van der Waals surface area contributed by atoms with Gasteiger partial charge in [-0.2, -0.15) is 0 Å². The Labute approximate surface area is 126 Å². The molecule has 1 atom stereocenters. The summed E-state index contributed by atoms with van der Waals surface area (Å²) in [6, 6.07) is 12.3. The fraction of sp³-hybridized carbons (Fsp3) is 0.143. The van der Waals surface area contributed by atoms with Gasteiger partial charge in [0.2, 0.25) is 0 Å². The first-order valence-corrected chi connectivity index (χ1v) is 7.38. The molecule has 1 unspecified atom stereocenters. The lowest BCUT2D eigenvalue weighted by atomic mass is 10.2. The zero-order valence-corrected chi connectivity index (χ0v) is 12.4. The highest BCUT2D eigenvalue weighted by atomic mass is 35.5. The van der Waals surface area contributed by atoms with Crippen LogP contribution in [0, 0.1) is 0 Å². The number of benzene rings is 1. The zero-order chi connectivity index (χ0) is 13.9. The van der Waals surface area contributed by atoms with Crippen LogP contribution >= 0.6 is 22.9 Å². The normalized spacial score (nSPS) is 12.3. The van der Waals surface area contributed by atoms with E-state index in [-0.39, 0.29) is 6.04 Å². The van der Waals surface area contributed by atoms with Crippen molar-refractivity contribution >= 4 is 28.6 Å². The van der Waals surface area contributed by atoms with Gasteiger partial charge in [-0.15, -0.1) is 21.5 Å². The van der Waals surface area contributed by atoms with Crippen LogP contribution in [0.25, 0.3) is 5.69 Å². The maximum absolute atomic E-state index is 5.97. The third-order valence-corrected chi connectivity index (χ3v) is 4.38. The van der Waals surface area contributed by atoms with E-state index >= 15 is 0 Å². The number of halogens is 1. The predicted octanol–water partition coefficient (Wildman–Crippen LogP) is 4.16. The van der Waals surface area contributed by atoms with Gasteiger partial charge in [0.05, 0.1) is 16.1 Å². The van der Waals surface area contributed by atoms with Crippen LogP contribution in [0.15, 0.2) is 49.1 Å². The standard InChI is InChI=1S/C14H13ClN4S/c1-10(13-5-6-14(15)20-13)18-11-3-2-4-12(7-11)19-8-16-17-9-19/h2-10,18H,1H3. The van der Waals surface area contributed by atoms with Crippen molar-refractivity contribution in [3.63, 3.8) is 0 Å². The summed E-state index contributed by atoms with van der Waals surface area (Å²) >= 11 is 7.57. The van der Waals surface area contributed by atoms with Crippen molar-refractivity contribution < 1.29 is 0 Å². The van der Waals surface area contributed by atoms with Crippen molar-refractivity contribution in [2.45, 2.75) is 13.0 Å². The van der Waals surface area contributed by atoms with E-state index in [1.165, 1.54) is 4.88 Å². The molecule has 0 saturated carbocycles. The van der Waals surface area contributed by atoms with Crippen molar-refractivity contribution in [1.82, 2.24) is 14.8 Å². The van der Waals surface area contributed by atoms with Gasteiger partial charge >= 0.3 is 0 Å². The van der Waals surface area contributed by atoms with Gasteiger partial charge in [-0.1, -0.05) is 17.7 Å². The molecule has 3 aromatic rings. The summed E-state index contributed by atoms with van der Waals surface area (Å²) in [5.74, 6) is 0. The summed E-state index contributed by atoms with van der Waals surface area (Å²) in [5, 5.41) is 11.1. The van der Waals surface area contributed by atoms with Crippen molar-refractivity contribution in [2.75, 3.05) is 5.32 Å². The second-order valence-corrected chi connectivity index (χ2v) is 6.17. The van der Waals surface area contributed by atoms with Crippen molar-refractivity contribution in [3.8, 4) is 5.69 Å². The van der Waals surface area contributed by atoms with E-state index in [4.69, 9.17) is 11.6 Å². The highest BCUT2D eigenvalue weighted by Gasteiger charge is 2.08. The number of thiophene rings is 1. The first-order valence-electron chi connectivity index (χ1n) is 6.19. The largest absolute Gasteiger partial charge is 0.378 e. The Balaban J connectivity index is 1.79. The molecule has 1 aromatic carbocycles. The minimum atomic E-state index is 0.212. The number of aromatic nitrogens is 3. The fourth-order valence-corrected chi connectivity index (χ4v) is 3.04. The molecule has 0 fully saturated rings. The van der Waals surface area contributed by atoms with Crippen LogP contribution in [-0.4, -0.2) is 14.8 Å². The SMILES string of the molecule is CC(Nc1cccc(-n2cnnc2)c1)c1ccc(Cl)s1. The van der Waals surface area contributed by atoms with Crippen LogP contribution in [0.2, 0.25) is 4.34 Å². The Morgan fingerprint density at radius 2 is 2.00 bits per heavy atom. The molecule has 3 rings (SSSR count). The van der Waals surface area contributed by atoms with Gasteiger partial charge in [0, 0.05) is 10.6 Å². The highest BCUT2D eigenvalue weighted by molar-refractivity contribution is 7.16. The molecule has 1 N–H and O–H groups in total. The maximum Gasteiger partial charge on any atom is 0.123 e. The van der Waals surface area contributed by atoms with Crippen LogP contribution in [-0.2, 0) is 0 Å². The van der Waals surface area contributed by atoms with Gasteiger partial charge in [-0.3, -0.25) is 4.57 Å². The average molecular weight is 305 g/mol. The third kappa shape index (κ3) is 2.84. The van der Waals surface area contributed by atoms with E-state index in [1.54, 1.807) is 24.0 Å². The third-order valence-electron chi connectivity index (χ3n) is 2.97. The van der Waals surface area contributed by atoms with E-state index in [0.717, 1.165) is 15.7 Å². The van der Waals surface area contributed by atoms with E-state index in [9.17, 15) is 0 Å². The van der Waals surface area contributed by atoms with E-state index < -0.39 is 0 Å². The maximum atomic E-state index is 5.97. The molecule has 6 heteroatoms. The number of nitrogens with zero attached hydrogens (tertiary/aromatic N) is 3. The predicted molar refractivity (Wildman–Crippen MR) is 82.7 cm³/mol. The van der Waals surface area contributed by atoms with Crippen molar-refractivity contribution in [1.29, 1.82) is 0 Å². The lowest BCUT2D eigenvalue weighted by Crippen LogP contribution is -2.05. The Kier molecular flexibility index (Phi) is 3.71. The Bertz CT molecular complexity index is 693. The lowest BCUT2D eigenvalue weighted by molar-refractivity contribution is 0.907. The Morgan fingerprint density at radius 3 is 2.70 bits per heavy atom. The number of anilines is 1. The molecule has 2 heterocycles. The number of nitrogens with one attached hydrogen (secondary N) is 1. The molecule has 20 heavy (non-hydrogen) atoms. The molecule has 102 valence electrons. The van der Waals surface area contributed by atoms with Gasteiger partial charge < -0.3 is 5.32 Å². The molecule has 0 spiro atoms. The van der Waals surface area contributed by atoms with Crippen molar-refractivity contribution in [2.24, 2.45) is 0 Å². The smallest absolute Gasteiger partial charge is 0.123 e. The van der Waals surface area contributed by atoms with E-state index in [2.05, 4.69) is 28.5 Å². The first-order chi connectivity index (χ1) is 9.72. The molecule has 0 aliphatic heterocycles. The van der Waals surface area contributed by atoms with Crippen LogP contribution in [0.5, 0.6) is 0 Å². The molecule has 0 radical (unpaired) electrons. The summed E-state index contributed by atoms with van der Waals surface area (Å²) in [4.78, 5) is 1.21. The molecule has 4 nitrogen and oxygen atoms in total. The minimum Gasteiger partial charge on any atom is -0.378 e. The van der Waals surface area contributed by atoms with Gasteiger partial charge in [0.25, 0.3) is 0 Å². The quantitative estimate of drug-likeness (QED) is 0.787. The van der Waals surface area contributed by atoms with Gasteiger partial charge in [0.15, 0.2) is 0 Å². The number of hydrogen-bond donors (Lipinski definition) is 1. The molecule has 0 bridgehead atoms. The topological polar surface area (TPSA) is 42.7 Å². The van der Waals surface area contributed by atoms with Crippen LogP contribution in [0.3, 0.4) is 0 Å². The van der Waals surface area contributed by atoms with Crippen molar-refractivity contribution in [3.05, 3.63) is 58.3 Å². The number of rotatable bonds is 4. The van der Waals surface area contributed by atoms with Gasteiger partial charge in [0.1, 0.15) is 12.7 Å². The first kappa shape index (κ1) is 13.1. The summed E-state index contributed by atoms with van der Waals surface area (Å²) in [7, 11) is 0. The van der Waals surface area contributed by atoms with Crippen LogP contribution in [0.4, 0.5) is 5.69 Å². The van der Waals surface area contributed by atoms with Crippen LogP contribution < -0.4 is 5.32 Å². The minimum absolute atomic E-state index is 0.212. The van der Waals surface area contributed by atoms with E-state index in [1.807, 2.05) is 34.9 Å². The monoisotopic (exact) mass is 304 g/mol. The lowest BCUT2D eigenvalue weighted by Gasteiger charge is -2.14. The van der Waals surface area contributed by atoms with Crippen LogP contribution in [0.1, 0.15) is 17.8 Å². The molecule has 2 aromatic heterocycles. The second kappa shape index (κ2) is 5.64. The Morgan fingerprint density at radius 1 is 1.20 bits per heavy atom. The molecular weight excluding hydrogens is 292 g/mol. The average Bonchev–Trinajstić information content (AvgIpc) is 3.10. The fourth-order valence-electron chi connectivity index (χ4n) is 1.97.